The van der Waals surface area contributed by atoms with Crippen molar-refractivity contribution in [1.29, 1.82) is 0 Å². The summed E-state index contributed by atoms with van der Waals surface area (Å²) >= 11 is 1.34. The van der Waals surface area contributed by atoms with Crippen LogP contribution in [0.5, 0.6) is 5.75 Å². The summed E-state index contributed by atoms with van der Waals surface area (Å²) in [6.07, 6.45) is -4.39. The van der Waals surface area contributed by atoms with Crippen molar-refractivity contribution < 1.29 is 17.9 Å². The minimum absolute atomic E-state index is 0.0856. The summed E-state index contributed by atoms with van der Waals surface area (Å²) in [6.45, 7) is -0.158. The van der Waals surface area contributed by atoms with Crippen LogP contribution < -0.4 is 10.5 Å². The van der Waals surface area contributed by atoms with E-state index in [1.807, 2.05) is 18.2 Å². The Morgan fingerprint density at radius 2 is 1.86 bits per heavy atom. The molecule has 0 saturated carbocycles. The highest BCUT2D eigenvalue weighted by Crippen LogP contribution is 2.38. The second-order valence-electron chi connectivity index (χ2n) is 4.27. The fourth-order valence-corrected chi connectivity index (χ4v) is 2.90. The number of rotatable bonds is 4. The van der Waals surface area contributed by atoms with E-state index in [1.165, 1.54) is 23.9 Å². The first-order chi connectivity index (χ1) is 9.95. The molecule has 0 amide bonds. The number of methoxy groups -OCH3 is 1. The maximum Gasteiger partial charge on any atom is 0.416 e. The molecule has 2 aromatic rings. The Balaban J connectivity index is 2.34. The molecule has 0 bridgehead atoms. The summed E-state index contributed by atoms with van der Waals surface area (Å²) in [4.78, 5) is 1.52. The van der Waals surface area contributed by atoms with Gasteiger partial charge in [-0.2, -0.15) is 13.2 Å². The molecule has 0 spiro atoms. The normalized spacial score (nSPS) is 11.5. The van der Waals surface area contributed by atoms with Crippen LogP contribution >= 0.6 is 11.8 Å². The van der Waals surface area contributed by atoms with Crippen molar-refractivity contribution in [2.45, 2.75) is 22.5 Å². The maximum atomic E-state index is 12.8. The Morgan fingerprint density at radius 3 is 2.48 bits per heavy atom. The lowest BCUT2D eigenvalue weighted by Gasteiger charge is -2.13. The first-order valence-corrected chi connectivity index (χ1v) is 6.98. The zero-order valence-electron chi connectivity index (χ0n) is 11.3. The van der Waals surface area contributed by atoms with E-state index in [2.05, 4.69) is 0 Å². The van der Waals surface area contributed by atoms with Crippen molar-refractivity contribution in [2.75, 3.05) is 7.11 Å². The van der Waals surface area contributed by atoms with Gasteiger partial charge in [-0.25, -0.2) is 0 Å². The zero-order valence-corrected chi connectivity index (χ0v) is 12.1. The molecule has 0 radical (unpaired) electrons. The molecular weight excluding hydrogens is 299 g/mol. The van der Waals surface area contributed by atoms with Crippen molar-refractivity contribution in [1.82, 2.24) is 0 Å². The molecule has 0 aromatic heterocycles. The van der Waals surface area contributed by atoms with Gasteiger partial charge in [0.15, 0.2) is 0 Å². The highest BCUT2D eigenvalue weighted by atomic mass is 32.2. The SMILES string of the molecule is COc1ccccc1Sc1ccc(C(F)(F)F)c(CN)c1. The van der Waals surface area contributed by atoms with Gasteiger partial charge >= 0.3 is 6.18 Å². The van der Waals surface area contributed by atoms with Gasteiger partial charge in [0.2, 0.25) is 0 Å². The molecule has 0 aliphatic rings. The van der Waals surface area contributed by atoms with E-state index >= 15 is 0 Å². The molecule has 2 nitrogen and oxygen atoms in total. The summed E-state index contributed by atoms with van der Waals surface area (Å²) in [7, 11) is 1.55. The first kappa shape index (κ1) is 15.7. The lowest BCUT2D eigenvalue weighted by molar-refractivity contribution is -0.138. The van der Waals surface area contributed by atoms with Gasteiger partial charge in [0.25, 0.3) is 0 Å². The number of benzene rings is 2. The Labute approximate surface area is 125 Å². The first-order valence-electron chi connectivity index (χ1n) is 6.16. The zero-order chi connectivity index (χ0) is 15.5. The highest BCUT2D eigenvalue weighted by Gasteiger charge is 2.32. The fourth-order valence-electron chi connectivity index (χ4n) is 1.91. The fraction of sp³-hybridized carbons (Fsp3) is 0.200. The average molecular weight is 313 g/mol. The van der Waals surface area contributed by atoms with Crippen LogP contribution in [0, 0.1) is 0 Å². The molecule has 2 rings (SSSR count). The van der Waals surface area contributed by atoms with Crippen molar-refractivity contribution in [3.05, 3.63) is 53.6 Å². The molecule has 0 heterocycles. The number of hydrogen-bond donors (Lipinski definition) is 1. The number of para-hydroxylation sites is 1. The lowest BCUT2D eigenvalue weighted by Crippen LogP contribution is -2.11. The van der Waals surface area contributed by atoms with Gasteiger partial charge in [0, 0.05) is 11.4 Å². The third-order valence-corrected chi connectivity index (χ3v) is 3.95. The van der Waals surface area contributed by atoms with E-state index in [1.54, 1.807) is 13.2 Å². The van der Waals surface area contributed by atoms with Crippen LogP contribution in [0.2, 0.25) is 0 Å². The molecule has 0 atom stereocenters. The Kier molecular flexibility index (Phi) is 4.80. The van der Waals surface area contributed by atoms with Crippen LogP contribution in [0.1, 0.15) is 11.1 Å². The van der Waals surface area contributed by atoms with E-state index in [0.717, 1.165) is 11.0 Å². The molecule has 2 N–H and O–H groups in total. The summed E-state index contributed by atoms with van der Waals surface area (Å²) in [6, 6.07) is 11.3. The van der Waals surface area contributed by atoms with Crippen molar-refractivity contribution in [3.8, 4) is 5.75 Å². The number of hydrogen-bond acceptors (Lipinski definition) is 3. The molecule has 112 valence electrons. The van der Waals surface area contributed by atoms with Gasteiger partial charge in [-0.3, -0.25) is 0 Å². The van der Waals surface area contributed by atoms with Crippen molar-refractivity contribution in [3.63, 3.8) is 0 Å². The number of halogens is 3. The summed E-state index contributed by atoms with van der Waals surface area (Å²) in [5, 5.41) is 0. The summed E-state index contributed by atoms with van der Waals surface area (Å²) in [5.41, 5.74) is 4.83. The topological polar surface area (TPSA) is 35.2 Å². The second-order valence-corrected chi connectivity index (χ2v) is 5.39. The molecule has 0 aliphatic carbocycles. The van der Waals surface area contributed by atoms with E-state index in [0.29, 0.717) is 10.6 Å². The standard InChI is InChI=1S/C15H14F3NOS/c1-20-13-4-2-3-5-14(13)21-11-6-7-12(15(16,17)18)10(8-11)9-19/h2-8H,9,19H2,1H3. The third kappa shape index (κ3) is 3.71. The van der Waals surface area contributed by atoms with Gasteiger partial charge in [-0.15, -0.1) is 0 Å². The predicted molar refractivity (Wildman–Crippen MR) is 76.5 cm³/mol. The van der Waals surface area contributed by atoms with Crippen LogP contribution in [0.4, 0.5) is 13.2 Å². The Bertz CT molecular complexity index is 629. The number of nitrogens with two attached hydrogens (primary N) is 1. The Morgan fingerprint density at radius 1 is 1.14 bits per heavy atom. The molecular formula is C15H14F3NOS. The van der Waals surface area contributed by atoms with Gasteiger partial charge < -0.3 is 10.5 Å². The van der Waals surface area contributed by atoms with Gasteiger partial charge in [-0.05, 0) is 35.9 Å². The van der Waals surface area contributed by atoms with Crippen LogP contribution in [0.3, 0.4) is 0 Å². The monoisotopic (exact) mass is 313 g/mol. The predicted octanol–water partition coefficient (Wildman–Crippen LogP) is 4.32. The second kappa shape index (κ2) is 6.41. The van der Waals surface area contributed by atoms with Gasteiger partial charge in [0.05, 0.1) is 17.6 Å². The van der Waals surface area contributed by atoms with Crippen molar-refractivity contribution in [2.24, 2.45) is 5.73 Å². The molecule has 2 aromatic carbocycles. The third-order valence-electron chi connectivity index (χ3n) is 2.90. The van der Waals surface area contributed by atoms with Crippen LogP contribution in [0.25, 0.3) is 0 Å². The molecule has 0 saturated heterocycles. The quantitative estimate of drug-likeness (QED) is 0.913. The van der Waals surface area contributed by atoms with Crippen LogP contribution in [-0.4, -0.2) is 7.11 Å². The average Bonchev–Trinajstić information content (AvgIpc) is 2.46. The van der Waals surface area contributed by atoms with Gasteiger partial charge in [0.1, 0.15) is 5.75 Å². The van der Waals surface area contributed by atoms with Crippen LogP contribution in [-0.2, 0) is 12.7 Å². The smallest absolute Gasteiger partial charge is 0.416 e. The highest BCUT2D eigenvalue weighted by molar-refractivity contribution is 7.99. The molecule has 0 unspecified atom stereocenters. The van der Waals surface area contributed by atoms with Gasteiger partial charge in [-0.1, -0.05) is 23.9 Å². The largest absolute Gasteiger partial charge is 0.496 e. The van der Waals surface area contributed by atoms with E-state index in [4.69, 9.17) is 10.5 Å². The molecule has 0 aliphatic heterocycles. The van der Waals surface area contributed by atoms with E-state index < -0.39 is 11.7 Å². The summed E-state index contributed by atoms with van der Waals surface area (Å²) < 4.78 is 43.7. The van der Waals surface area contributed by atoms with Crippen LogP contribution in [0.15, 0.2) is 52.3 Å². The lowest BCUT2D eigenvalue weighted by atomic mass is 10.1. The number of alkyl halides is 3. The summed E-state index contributed by atoms with van der Waals surface area (Å²) in [5.74, 6) is 0.677. The van der Waals surface area contributed by atoms with E-state index in [9.17, 15) is 13.2 Å². The minimum atomic E-state index is -4.39. The number of ether oxygens (including phenoxy) is 1. The maximum absolute atomic E-state index is 12.8. The Hall–Kier alpha value is -1.66. The van der Waals surface area contributed by atoms with E-state index in [-0.39, 0.29) is 12.1 Å². The molecule has 6 heteroatoms. The minimum Gasteiger partial charge on any atom is -0.496 e. The molecule has 0 fully saturated rings. The molecule has 21 heavy (non-hydrogen) atoms. The van der Waals surface area contributed by atoms with Crippen molar-refractivity contribution >= 4 is 11.8 Å².